The van der Waals surface area contributed by atoms with E-state index in [1.807, 2.05) is 20.8 Å². The lowest BCUT2D eigenvalue weighted by Gasteiger charge is -2.26. The monoisotopic (exact) mass is 377 g/mol. The second-order valence-electron chi connectivity index (χ2n) is 7.84. The summed E-state index contributed by atoms with van der Waals surface area (Å²) in [5.74, 6) is 0.696. The lowest BCUT2D eigenvalue weighted by atomic mass is 9.95. The number of hydrogen-bond donors (Lipinski definition) is 2. The van der Waals surface area contributed by atoms with Gasteiger partial charge in [0.05, 0.1) is 32.1 Å². The van der Waals surface area contributed by atoms with Crippen molar-refractivity contribution in [2.24, 2.45) is 5.41 Å². The lowest BCUT2D eigenvalue weighted by Crippen LogP contribution is -2.36. The zero-order chi connectivity index (χ0) is 20.0. The van der Waals surface area contributed by atoms with Gasteiger partial charge in [0.1, 0.15) is 11.5 Å². The second kappa shape index (κ2) is 9.08. The summed E-state index contributed by atoms with van der Waals surface area (Å²) in [6, 6.07) is 3.34. The minimum absolute atomic E-state index is 0.0938. The first-order chi connectivity index (χ1) is 12.7. The number of benzene rings is 1. The number of likely N-dealkylation sites (tertiary alicyclic amines) is 1. The molecule has 2 rings (SSSR count). The Morgan fingerprint density at radius 2 is 1.48 bits per heavy atom. The largest absolute Gasteiger partial charge is 0.494 e. The van der Waals surface area contributed by atoms with Crippen LogP contribution in [0.25, 0.3) is 0 Å². The lowest BCUT2D eigenvalue weighted by molar-refractivity contribution is -0.123. The number of anilines is 2. The minimum atomic E-state index is -0.542. The Bertz CT molecular complexity index is 677. The number of ether oxygens (including phenoxy) is 2. The SMILES string of the molecule is COc1cc(NC(=O)C(C)(C)C)c(OC)cc1NC(=O)CN1CCCCC1. The number of nitrogens with one attached hydrogen (secondary N) is 2. The van der Waals surface area contributed by atoms with Crippen molar-refractivity contribution >= 4 is 23.2 Å². The van der Waals surface area contributed by atoms with E-state index < -0.39 is 5.41 Å². The number of rotatable bonds is 6. The fourth-order valence-corrected chi connectivity index (χ4v) is 2.91. The van der Waals surface area contributed by atoms with Crippen LogP contribution in [0.3, 0.4) is 0 Å². The Morgan fingerprint density at radius 1 is 0.963 bits per heavy atom. The van der Waals surface area contributed by atoms with Gasteiger partial charge in [0, 0.05) is 17.5 Å². The standard InChI is InChI=1S/C20H31N3O4/c1-20(2,3)19(25)22-15-12-16(26-4)14(11-17(15)27-5)21-18(24)13-23-9-7-6-8-10-23/h11-12H,6-10,13H2,1-5H3,(H,21,24)(H,22,25). The first-order valence-electron chi connectivity index (χ1n) is 9.34. The smallest absolute Gasteiger partial charge is 0.238 e. The van der Waals surface area contributed by atoms with Crippen molar-refractivity contribution in [3.05, 3.63) is 12.1 Å². The topological polar surface area (TPSA) is 79.9 Å². The molecule has 0 aromatic heterocycles. The highest BCUT2D eigenvalue weighted by molar-refractivity contribution is 5.98. The average molecular weight is 377 g/mol. The van der Waals surface area contributed by atoms with Gasteiger partial charge >= 0.3 is 0 Å². The Hall–Kier alpha value is -2.28. The van der Waals surface area contributed by atoms with Crippen LogP contribution in [0.5, 0.6) is 11.5 Å². The maximum atomic E-state index is 12.4. The van der Waals surface area contributed by atoms with Crippen molar-refractivity contribution < 1.29 is 19.1 Å². The minimum Gasteiger partial charge on any atom is -0.494 e. The number of carbonyl (C=O) groups excluding carboxylic acids is 2. The van der Waals surface area contributed by atoms with Gasteiger partial charge in [-0.05, 0) is 25.9 Å². The van der Waals surface area contributed by atoms with E-state index in [0.717, 1.165) is 25.9 Å². The highest BCUT2D eigenvalue weighted by atomic mass is 16.5. The molecule has 0 saturated carbocycles. The van der Waals surface area contributed by atoms with Gasteiger partial charge in [-0.1, -0.05) is 27.2 Å². The first-order valence-corrected chi connectivity index (χ1v) is 9.34. The third-order valence-electron chi connectivity index (χ3n) is 4.54. The van der Waals surface area contributed by atoms with E-state index in [1.165, 1.54) is 20.6 Å². The third-order valence-corrected chi connectivity index (χ3v) is 4.54. The Morgan fingerprint density at radius 3 is 1.96 bits per heavy atom. The van der Waals surface area contributed by atoms with E-state index in [9.17, 15) is 9.59 Å². The molecule has 1 aliphatic heterocycles. The van der Waals surface area contributed by atoms with Crippen molar-refractivity contribution in [1.82, 2.24) is 4.90 Å². The van der Waals surface area contributed by atoms with Crippen LogP contribution in [-0.2, 0) is 9.59 Å². The van der Waals surface area contributed by atoms with E-state index in [-0.39, 0.29) is 11.8 Å². The number of nitrogens with zero attached hydrogens (tertiary/aromatic N) is 1. The van der Waals surface area contributed by atoms with Crippen molar-refractivity contribution in [2.45, 2.75) is 40.0 Å². The molecule has 1 aliphatic rings. The van der Waals surface area contributed by atoms with Gasteiger partial charge in [0.15, 0.2) is 0 Å². The fourth-order valence-electron chi connectivity index (χ4n) is 2.91. The zero-order valence-corrected chi connectivity index (χ0v) is 17.0. The maximum Gasteiger partial charge on any atom is 0.238 e. The summed E-state index contributed by atoms with van der Waals surface area (Å²) in [5.41, 5.74) is 0.480. The van der Waals surface area contributed by atoms with Crippen LogP contribution >= 0.6 is 0 Å². The molecule has 0 bridgehead atoms. The van der Waals surface area contributed by atoms with Crippen LogP contribution in [0.4, 0.5) is 11.4 Å². The predicted molar refractivity (Wildman–Crippen MR) is 107 cm³/mol. The normalized spacial score (nSPS) is 15.1. The van der Waals surface area contributed by atoms with Gasteiger partial charge in [-0.25, -0.2) is 0 Å². The van der Waals surface area contributed by atoms with Crippen molar-refractivity contribution in [2.75, 3.05) is 44.5 Å². The number of amides is 2. The molecule has 0 atom stereocenters. The third kappa shape index (κ3) is 5.85. The highest BCUT2D eigenvalue weighted by Gasteiger charge is 2.24. The molecule has 1 fully saturated rings. The summed E-state index contributed by atoms with van der Waals surface area (Å²) in [6.07, 6.45) is 3.49. The van der Waals surface area contributed by atoms with Crippen molar-refractivity contribution in [1.29, 1.82) is 0 Å². The molecule has 2 amide bonds. The first kappa shape index (κ1) is 21.0. The van der Waals surface area contributed by atoms with E-state index >= 15 is 0 Å². The molecule has 1 saturated heterocycles. The number of methoxy groups -OCH3 is 2. The average Bonchev–Trinajstić information content (AvgIpc) is 2.62. The molecule has 7 nitrogen and oxygen atoms in total. The molecule has 2 N–H and O–H groups in total. The van der Waals surface area contributed by atoms with Crippen molar-refractivity contribution in [3.8, 4) is 11.5 Å². The maximum absolute atomic E-state index is 12.4. The van der Waals surface area contributed by atoms with Crippen LogP contribution in [0.1, 0.15) is 40.0 Å². The Labute approximate surface area is 161 Å². The molecule has 1 aromatic carbocycles. The van der Waals surface area contributed by atoms with Crippen LogP contribution < -0.4 is 20.1 Å². The van der Waals surface area contributed by atoms with E-state index in [2.05, 4.69) is 15.5 Å². The van der Waals surface area contributed by atoms with E-state index in [1.54, 1.807) is 12.1 Å². The summed E-state index contributed by atoms with van der Waals surface area (Å²) in [4.78, 5) is 26.9. The Kier molecular flexibility index (Phi) is 7.07. The van der Waals surface area contributed by atoms with Gasteiger partial charge in [0.2, 0.25) is 11.8 Å². The van der Waals surface area contributed by atoms with Gasteiger partial charge in [-0.15, -0.1) is 0 Å². The van der Waals surface area contributed by atoms with Crippen LogP contribution in [0.2, 0.25) is 0 Å². The summed E-state index contributed by atoms with van der Waals surface area (Å²) in [5, 5.41) is 5.75. The van der Waals surface area contributed by atoms with Crippen LogP contribution in [0, 0.1) is 5.41 Å². The summed E-state index contributed by atoms with van der Waals surface area (Å²) in [6.45, 7) is 7.76. The summed E-state index contributed by atoms with van der Waals surface area (Å²) in [7, 11) is 3.05. The Balaban J connectivity index is 2.16. The zero-order valence-electron chi connectivity index (χ0n) is 17.0. The molecule has 1 heterocycles. The van der Waals surface area contributed by atoms with Gasteiger partial charge < -0.3 is 20.1 Å². The van der Waals surface area contributed by atoms with Crippen LogP contribution in [-0.4, -0.2) is 50.6 Å². The highest BCUT2D eigenvalue weighted by Crippen LogP contribution is 2.37. The predicted octanol–water partition coefficient (Wildman–Crippen LogP) is 3.11. The number of carbonyl (C=O) groups is 2. The second-order valence-corrected chi connectivity index (χ2v) is 7.84. The van der Waals surface area contributed by atoms with Gasteiger partial charge in [-0.2, -0.15) is 0 Å². The van der Waals surface area contributed by atoms with Gasteiger partial charge in [0.25, 0.3) is 0 Å². The number of piperidine rings is 1. The fraction of sp³-hybridized carbons (Fsp3) is 0.600. The molecular formula is C20H31N3O4. The molecule has 27 heavy (non-hydrogen) atoms. The molecule has 150 valence electrons. The molecule has 0 radical (unpaired) electrons. The van der Waals surface area contributed by atoms with E-state index in [4.69, 9.17) is 9.47 Å². The van der Waals surface area contributed by atoms with Crippen molar-refractivity contribution in [3.63, 3.8) is 0 Å². The molecule has 0 aliphatic carbocycles. The molecule has 0 spiro atoms. The quantitative estimate of drug-likeness (QED) is 0.796. The van der Waals surface area contributed by atoms with Gasteiger partial charge in [-0.3, -0.25) is 14.5 Å². The molecular weight excluding hydrogens is 346 g/mol. The molecule has 7 heteroatoms. The summed E-state index contributed by atoms with van der Waals surface area (Å²) < 4.78 is 10.8. The summed E-state index contributed by atoms with van der Waals surface area (Å²) >= 11 is 0. The van der Waals surface area contributed by atoms with Crippen LogP contribution in [0.15, 0.2) is 12.1 Å². The number of hydrogen-bond acceptors (Lipinski definition) is 5. The van der Waals surface area contributed by atoms with E-state index in [0.29, 0.717) is 29.4 Å². The molecule has 0 unspecified atom stereocenters. The molecule has 1 aromatic rings.